The number of nitrogens with zero attached hydrogens (tertiary/aromatic N) is 3. The predicted molar refractivity (Wildman–Crippen MR) is 116 cm³/mol. The molecule has 166 valence electrons. The molecule has 1 aliphatic heterocycles. The third kappa shape index (κ3) is 6.84. The minimum absolute atomic E-state index is 0.110. The number of aromatic nitrogens is 1. The largest absolute Gasteiger partial charge is 0.481 e. The monoisotopic (exact) mass is 446 g/mol. The lowest BCUT2D eigenvalue weighted by Crippen LogP contribution is -2.43. The normalized spacial score (nSPS) is 16.0. The molecule has 3 rings (SSSR count). The summed E-state index contributed by atoms with van der Waals surface area (Å²) in [5.74, 6) is -3.25. The van der Waals surface area contributed by atoms with Crippen molar-refractivity contribution in [1.29, 1.82) is 0 Å². The summed E-state index contributed by atoms with van der Waals surface area (Å²) in [6.45, 7) is 5.08. The highest BCUT2D eigenvalue weighted by Crippen LogP contribution is 2.25. The van der Waals surface area contributed by atoms with E-state index in [1.807, 2.05) is 12.1 Å². The first-order chi connectivity index (χ1) is 14.8. The number of carbonyl (C=O) groups is 3. The third-order valence-corrected chi connectivity index (χ3v) is 6.02. The Morgan fingerprint density at radius 1 is 1.19 bits per heavy atom. The van der Waals surface area contributed by atoms with E-state index in [2.05, 4.69) is 39.3 Å². The lowest BCUT2D eigenvalue weighted by molar-refractivity contribution is -0.147. The van der Waals surface area contributed by atoms with Crippen molar-refractivity contribution >= 4 is 29.2 Å². The Balaban J connectivity index is 1.60. The van der Waals surface area contributed by atoms with E-state index in [-0.39, 0.29) is 6.42 Å². The molecule has 2 aromatic rings. The number of carboxylic acids is 2. The molecular formula is C21H26N4O5S. The molecule has 1 aromatic heterocycles. The van der Waals surface area contributed by atoms with Crippen LogP contribution in [-0.2, 0) is 27.3 Å². The molecule has 2 heterocycles. The van der Waals surface area contributed by atoms with Gasteiger partial charge in [-0.3, -0.25) is 14.5 Å². The number of carbonyl (C=O) groups excluding carboxylic acids is 1. The van der Waals surface area contributed by atoms with Crippen molar-refractivity contribution in [1.82, 2.24) is 20.1 Å². The molecule has 0 aliphatic carbocycles. The highest BCUT2D eigenvalue weighted by atomic mass is 32.1. The minimum atomic E-state index is -1.46. The SMILES string of the molecule is CN1CCN(Cc2cccc(-c3nc(CC(=O)NC(CC(=O)O)C(=O)O)cs3)c2)CC1. The van der Waals surface area contributed by atoms with Crippen LogP contribution in [0.2, 0.25) is 0 Å². The number of piperazine rings is 1. The summed E-state index contributed by atoms with van der Waals surface area (Å²) in [5, 5.41) is 22.6. The number of hydrogen-bond donors (Lipinski definition) is 3. The van der Waals surface area contributed by atoms with Crippen LogP contribution in [0.25, 0.3) is 10.6 Å². The van der Waals surface area contributed by atoms with Gasteiger partial charge in [0.2, 0.25) is 5.91 Å². The molecular weight excluding hydrogens is 420 g/mol. The fourth-order valence-electron chi connectivity index (χ4n) is 3.37. The summed E-state index contributed by atoms with van der Waals surface area (Å²) in [6, 6.07) is 6.71. The standard InChI is InChI=1S/C21H26N4O5S/c1-24-5-7-25(8-6-24)12-14-3-2-4-15(9-14)20-22-16(13-31-20)10-18(26)23-17(21(29)30)11-19(27)28/h2-4,9,13,17H,5-8,10-12H2,1H3,(H,23,26)(H,27,28)(H,29,30). The third-order valence-electron chi connectivity index (χ3n) is 5.08. The van der Waals surface area contributed by atoms with Gasteiger partial charge >= 0.3 is 11.9 Å². The van der Waals surface area contributed by atoms with Crippen LogP contribution in [0.3, 0.4) is 0 Å². The molecule has 1 unspecified atom stereocenters. The van der Waals surface area contributed by atoms with Crippen LogP contribution in [0.4, 0.5) is 0 Å². The second-order valence-corrected chi connectivity index (χ2v) is 8.51. The number of amides is 1. The van der Waals surface area contributed by atoms with Crippen molar-refractivity contribution in [2.45, 2.75) is 25.4 Å². The molecule has 3 N–H and O–H groups in total. The summed E-state index contributed by atoms with van der Waals surface area (Å²) in [5.41, 5.74) is 2.69. The fraction of sp³-hybridized carbons (Fsp3) is 0.429. The van der Waals surface area contributed by atoms with Gasteiger partial charge in [-0.1, -0.05) is 18.2 Å². The number of aliphatic carboxylic acids is 2. The molecule has 10 heteroatoms. The van der Waals surface area contributed by atoms with Crippen molar-refractivity contribution in [3.05, 3.63) is 40.9 Å². The van der Waals surface area contributed by atoms with Crippen LogP contribution >= 0.6 is 11.3 Å². The van der Waals surface area contributed by atoms with Crippen molar-refractivity contribution < 1.29 is 24.6 Å². The van der Waals surface area contributed by atoms with E-state index >= 15 is 0 Å². The molecule has 0 spiro atoms. The second-order valence-electron chi connectivity index (χ2n) is 7.66. The summed E-state index contributed by atoms with van der Waals surface area (Å²) in [7, 11) is 2.13. The zero-order valence-corrected chi connectivity index (χ0v) is 18.1. The maximum Gasteiger partial charge on any atom is 0.326 e. The number of benzene rings is 1. The maximum absolute atomic E-state index is 12.1. The molecule has 31 heavy (non-hydrogen) atoms. The van der Waals surface area contributed by atoms with Gasteiger partial charge in [0.1, 0.15) is 11.0 Å². The Hall–Kier alpha value is -2.82. The predicted octanol–water partition coefficient (Wildman–Crippen LogP) is 1.14. The molecule has 0 radical (unpaired) electrons. The van der Waals surface area contributed by atoms with E-state index in [9.17, 15) is 14.4 Å². The molecule has 1 saturated heterocycles. The summed E-state index contributed by atoms with van der Waals surface area (Å²) in [6.07, 6.45) is -0.787. The minimum Gasteiger partial charge on any atom is -0.481 e. The highest BCUT2D eigenvalue weighted by Gasteiger charge is 2.23. The van der Waals surface area contributed by atoms with Gasteiger partial charge in [-0.2, -0.15) is 0 Å². The number of hydrogen-bond acceptors (Lipinski definition) is 7. The van der Waals surface area contributed by atoms with Crippen LogP contribution in [0.1, 0.15) is 17.7 Å². The molecule has 0 bridgehead atoms. The van der Waals surface area contributed by atoms with Crippen molar-refractivity contribution in [3.63, 3.8) is 0 Å². The molecule has 1 aliphatic rings. The fourth-order valence-corrected chi connectivity index (χ4v) is 4.19. The average Bonchev–Trinajstić information content (AvgIpc) is 3.17. The molecule has 1 amide bonds. The van der Waals surface area contributed by atoms with Crippen molar-refractivity contribution in [2.24, 2.45) is 0 Å². The lowest BCUT2D eigenvalue weighted by Gasteiger charge is -2.32. The Morgan fingerprint density at radius 2 is 1.94 bits per heavy atom. The molecule has 1 aromatic carbocycles. The maximum atomic E-state index is 12.1. The van der Waals surface area contributed by atoms with Gasteiger partial charge in [-0.25, -0.2) is 9.78 Å². The van der Waals surface area contributed by atoms with Gasteiger partial charge in [0.25, 0.3) is 0 Å². The Labute approximate surface area is 184 Å². The first-order valence-corrected chi connectivity index (χ1v) is 10.9. The number of carboxylic acid groups (broad SMARTS) is 2. The van der Waals surface area contributed by atoms with Gasteiger partial charge in [-0.15, -0.1) is 11.3 Å². The summed E-state index contributed by atoms with van der Waals surface area (Å²) >= 11 is 1.41. The van der Waals surface area contributed by atoms with E-state index < -0.39 is 30.3 Å². The van der Waals surface area contributed by atoms with Crippen molar-refractivity contribution in [2.75, 3.05) is 33.2 Å². The van der Waals surface area contributed by atoms with E-state index in [0.29, 0.717) is 5.69 Å². The van der Waals surface area contributed by atoms with E-state index in [1.54, 1.807) is 5.38 Å². The lowest BCUT2D eigenvalue weighted by atomic mass is 10.1. The Morgan fingerprint density at radius 3 is 2.61 bits per heavy atom. The molecule has 0 saturated carbocycles. The van der Waals surface area contributed by atoms with Gasteiger partial charge in [0.15, 0.2) is 0 Å². The van der Waals surface area contributed by atoms with Gasteiger partial charge in [0, 0.05) is 43.7 Å². The summed E-state index contributed by atoms with van der Waals surface area (Å²) < 4.78 is 0. The van der Waals surface area contributed by atoms with E-state index in [0.717, 1.165) is 43.3 Å². The van der Waals surface area contributed by atoms with Crippen LogP contribution in [0, 0.1) is 0 Å². The second kappa shape index (κ2) is 10.5. The highest BCUT2D eigenvalue weighted by molar-refractivity contribution is 7.13. The molecule has 1 atom stereocenters. The van der Waals surface area contributed by atoms with Gasteiger partial charge in [0.05, 0.1) is 18.5 Å². The van der Waals surface area contributed by atoms with Gasteiger partial charge < -0.3 is 20.4 Å². The van der Waals surface area contributed by atoms with Crippen LogP contribution in [-0.4, -0.2) is 82.1 Å². The number of likely N-dealkylation sites (N-methyl/N-ethyl adjacent to an activating group) is 1. The molecule has 9 nitrogen and oxygen atoms in total. The Kier molecular flexibility index (Phi) is 7.72. The van der Waals surface area contributed by atoms with E-state index in [1.165, 1.54) is 16.9 Å². The number of nitrogens with one attached hydrogen (secondary N) is 1. The topological polar surface area (TPSA) is 123 Å². The average molecular weight is 447 g/mol. The number of thiazole rings is 1. The first kappa shape index (κ1) is 22.9. The van der Waals surface area contributed by atoms with Gasteiger partial charge in [-0.05, 0) is 18.7 Å². The van der Waals surface area contributed by atoms with Crippen molar-refractivity contribution in [3.8, 4) is 10.6 Å². The van der Waals surface area contributed by atoms with Crippen LogP contribution in [0.15, 0.2) is 29.6 Å². The zero-order chi connectivity index (χ0) is 22.4. The molecule has 1 fully saturated rings. The quantitative estimate of drug-likeness (QED) is 0.524. The van der Waals surface area contributed by atoms with Crippen LogP contribution < -0.4 is 5.32 Å². The number of rotatable bonds is 9. The zero-order valence-electron chi connectivity index (χ0n) is 17.3. The first-order valence-electron chi connectivity index (χ1n) is 9.98. The van der Waals surface area contributed by atoms with Crippen LogP contribution in [0.5, 0.6) is 0 Å². The van der Waals surface area contributed by atoms with E-state index in [4.69, 9.17) is 10.2 Å². The smallest absolute Gasteiger partial charge is 0.326 e. The Bertz CT molecular complexity index is 939. The summed E-state index contributed by atoms with van der Waals surface area (Å²) in [4.78, 5) is 43.2.